The molecule has 0 amide bonds. The second-order valence-electron chi connectivity index (χ2n) is 4.76. The summed E-state index contributed by atoms with van der Waals surface area (Å²) in [5.41, 5.74) is 8.29. The lowest BCUT2D eigenvalue weighted by Gasteiger charge is -2.30. The molecule has 1 aliphatic heterocycles. The largest absolute Gasteiger partial charge is 0.412 e. The third-order valence-corrected chi connectivity index (χ3v) is 3.37. The van der Waals surface area contributed by atoms with E-state index in [-0.39, 0.29) is 13.0 Å². The van der Waals surface area contributed by atoms with Crippen molar-refractivity contribution in [2.45, 2.75) is 26.1 Å². The van der Waals surface area contributed by atoms with E-state index in [1.807, 2.05) is 30.0 Å². The van der Waals surface area contributed by atoms with Crippen molar-refractivity contribution in [2.24, 2.45) is 5.73 Å². The summed E-state index contributed by atoms with van der Waals surface area (Å²) < 4.78 is 37.7. The van der Waals surface area contributed by atoms with Gasteiger partial charge in [-0.05, 0) is 25.0 Å². The first kappa shape index (κ1) is 13.9. The number of anilines is 1. The van der Waals surface area contributed by atoms with Gasteiger partial charge in [-0.3, -0.25) is 0 Å². The number of alkyl halides is 3. The lowest BCUT2D eigenvalue weighted by molar-refractivity contribution is -0.0943. The molecule has 0 saturated heterocycles. The van der Waals surface area contributed by atoms with Gasteiger partial charge in [-0.2, -0.15) is 13.2 Å². The van der Waals surface area contributed by atoms with E-state index in [4.69, 9.17) is 5.73 Å². The van der Waals surface area contributed by atoms with Gasteiger partial charge in [0, 0.05) is 30.9 Å². The van der Waals surface area contributed by atoms with Gasteiger partial charge < -0.3 is 10.6 Å². The summed E-state index contributed by atoms with van der Waals surface area (Å²) >= 11 is 0. The predicted octanol–water partition coefficient (Wildman–Crippen LogP) is 3.15. The van der Waals surface area contributed by atoms with Crippen molar-refractivity contribution in [2.75, 3.05) is 18.0 Å². The molecule has 0 atom stereocenters. The Morgan fingerprint density at radius 3 is 2.58 bits per heavy atom. The fraction of sp³-hybridized carbons (Fsp3) is 0.429. The second kappa shape index (κ2) is 5.25. The van der Waals surface area contributed by atoms with E-state index in [1.165, 1.54) is 6.08 Å². The van der Waals surface area contributed by atoms with Crippen LogP contribution < -0.4 is 10.6 Å². The van der Waals surface area contributed by atoms with Crippen LogP contribution in [0.5, 0.6) is 0 Å². The average molecular weight is 270 g/mol. The Morgan fingerprint density at radius 2 is 2.05 bits per heavy atom. The van der Waals surface area contributed by atoms with Crippen LogP contribution in [-0.2, 0) is 6.54 Å². The van der Waals surface area contributed by atoms with Gasteiger partial charge >= 0.3 is 6.18 Å². The molecule has 1 aromatic rings. The van der Waals surface area contributed by atoms with Crippen LogP contribution in [0.15, 0.2) is 29.8 Å². The van der Waals surface area contributed by atoms with Gasteiger partial charge in [0.25, 0.3) is 0 Å². The van der Waals surface area contributed by atoms with Gasteiger partial charge in [0.15, 0.2) is 0 Å². The van der Waals surface area contributed by atoms with Crippen LogP contribution in [0.2, 0.25) is 0 Å². The molecule has 0 fully saturated rings. The monoisotopic (exact) mass is 270 g/mol. The van der Waals surface area contributed by atoms with E-state index in [1.54, 1.807) is 0 Å². The highest BCUT2D eigenvalue weighted by Gasteiger charge is 2.34. The number of hydrogen-bond donors (Lipinski definition) is 1. The molecule has 0 spiro atoms. The van der Waals surface area contributed by atoms with Crippen LogP contribution in [0.4, 0.5) is 18.9 Å². The zero-order valence-corrected chi connectivity index (χ0v) is 10.8. The zero-order valence-electron chi connectivity index (χ0n) is 10.8. The van der Waals surface area contributed by atoms with E-state index in [0.29, 0.717) is 13.1 Å². The summed E-state index contributed by atoms with van der Waals surface area (Å²) in [7, 11) is 0. The number of benzene rings is 1. The maximum atomic E-state index is 12.6. The summed E-state index contributed by atoms with van der Waals surface area (Å²) in [6.45, 7) is 3.02. The molecule has 1 aromatic carbocycles. The fourth-order valence-corrected chi connectivity index (χ4v) is 2.33. The molecule has 104 valence electrons. The normalized spacial score (nSPS) is 16.5. The fourth-order valence-electron chi connectivity index (χ4n) is 2.33. The number of hydrogen-bond acceptors (Lipinski definition) is 2. The van der Waals surface area contributed by atoms with Crippen LogP contribution in [0.3, 0.4) is 0 Å². The van der Waals surface area contributed by atoms with Gasteiger partial charge in [0.1, 0.15) is 0 Å². The summed E-state index contributed by atoms with van der Waals surface area (Å²) in [6.07, 6.45) is -2.90. The van der Waals surface area contributed by atoms with Crippen molar-refractivity contribution in [3.05, 3.63) is 41.0 Å². The summed E-state index contributed by atoms with van der Waals surface area (Å²) in [5, 5.41) is 0. The Hall–Kier alpha value is -1.49. The highest BCUT2D eigenvalue weighted by Crippen LogP contribution is 2.32. The molecular formula is C14H17F3N2. The lowest BCUT2D eigenvalue weighted by atomic mass is 10.0. The molecule has 0 bridgehead atoms. The molecule has 0 aliphatic carbocycles. The topological polar surface area (TPSA) is 29.3 Å². The van der Waals surface area contributed by atoms with Crippen molar-refractivity contribution >= 4 is 5.69 Å². The number of nitrogens with zero attached hydrogens (tertiary/aromatic N) is 1. The molecule has 2 nitrogen and oxygen atoms in total. The molecule has 0 saturated carbocycles. The van der Waals surface area contributed by atoms with Crippen molar-refractivity contribution < 1.29 is 13.2 Å². The number of halogens is 3. The molecule has 1 heterocycles. The van der Waals surface area contributed by atoms with Crippen LogP contribution in [0.25, 0.3) is 0 Å². The predicted molar refractivity (Wildman–Crippen MR) is 70.0 cm³/mol. The quantitative estimate of drug-likeness (QED) is 0.836. The van der Waals surface area contributed by atoms with Gasteiger partial charge in [-0.1, -0.05) is 23.8 Å². The first-order valence-corrected chi connectivity index (χ1v) is 6.22. The molecule has 0 unspecified atom stereocenters. The molecule has 5 heteroatoms. The number of nitrogens with two attached hydrogens (primary N) is 1. The standard InChI is InChI=1S/C14H17F3N2/c1-10-2-3-13(11(8-10)9-18)19-6-4-12(5-7-19)14(15,16)17/h2-4,8H,5-7,9,18H2,1H3. The second-order valence-corrected chi connectivity index (χ2v) is 4.76. The molecule has 1 aliphatic rings. The van der Waals surface area contributed by atoms with Crippen molar-refractivity contribution in [1.82, 2.24) is 0 Å². The Morgan fingerprint density at radius 1 is 1.32 bits per heavy atom. The first-order valence-electron chi connectivity index (χ1n) is 6.22. The third kappa shape index (κ3) is 3.10. The Labute approximate surface area is 110 Å². The minimum Gasteiger partial charge on any atom is -0.367 e. The zero-order chi connectivity index (χ0) is 14.0. The molecule has 0 radical (unpaired) electrons. The van der Waals surface area contributed by atoms with E-state index in [0.717, 1.165) is 16.8 Å². The molecule has 2 rings (SSSR count). The molecule has 2 N–H and O–H groups in total. The smallest absolute Gasteiger partial charge is 0.367 e. The Balaban J connectivity index is 2.20. The summed E-state index contributed by atoms with van der Waals surface area (Å²) in [6, 6.07) is 5.87. The van der Waals surface area contributed by atoms with Gasteiger partial charge in [-0.15, -0.1) is 0 Å². The minimum atomic E-state index is -4.20. The minimum absolute atomic E-state index is 0.0292. The highest BCUT2D eigenvalue weighted by atomic mass is 19.4. The van der Waals surface area contributed by atoms with E-state index >= 15 is 0 Å². The maximum absolute atomic E-state index is 12.6. The highest BCUT2D eigenvalue weighted by molar-refractivity contribution is 5.56. The van der Waals surface area contributed by atoms with Crippen LogP contribution in [0.1, 0.15) is 17.5 Å². The lowest BCUT2D eigenvalue weighted by Crippen LogP contribution is -2.32. The maximum Gasteiger partial charge on any atom is 0.412 e. The van der Waals surface area contributed by atoms with E-state index in [9.17, 15) is 13.2 Å². The van der Waals surface area contributed by atoms with Crippen LogP contribution in [-0.4, -0.2) is 19.3 Å². The molecular weight excluding hydrogens is 253 g/mol. The average Bonchev–Trinajstić information content (AvgIpc) is 2.37. The van der Waals surface area contributed by atoms with E-state index < -0.39 is 11.7 Å². The van der Waals surface area contributed by atoms with Crippen LogP contribution in [0, 0.1) is 6.92 Å². The molecule has 19 heavy (non-hydrogen) atoms. The summed E-state index contributed by atoms with van der Waals surface area (Å²) in [5.74, 6) is 0. The molecule has 0 aromatic heterocycles. The Kier molecular flexibility index (Phi) is 3.85. The third-order valence-electron chi connectivity index (χ3n) is 3.37. The van der Waals surface area contributed by atoms with Gasteiger partial charge in [0.2, 0.25) is 0 Å². The summed E-state index contributed by atoms with van der Waals surface area (Å²) in [4.78, 5) is 1.94. The van der Waals surface area contributed by atoms with Crippen molar-refractivity contribution in [1.29, 1.82) is 0 Å². The number of rotatable bonds is 2. The van der Waals surface area contributed by atoms with E-state index in [2.05, 4.69) is 0 Å². The van der Waals surface area contributed by atoms with Gasteiger partial charge in [-0.25, -0.2) is 0 Å². The van der Waals surface area contributed by atoms with Crippen molar-refractivity contribution in [3.63, 3.8) is 0 Å². The Bertz CT molecular complexity index is 492. The van der Waals surface area contributed by atoms with Gasteiger partial charge in [0.05, 0.1) is 0 Å². The van der Waals surface area contributed by atoms with Crippen LogP contribution >= 0.6 is 0 Å². The SMILES string of the molecule is Cc1ccc(N2CC=C(C(F)(F)F)CC2)c(CN)c1. The first-order chi connectivity index (χ1) is 8.91. The number of aryl methyl sites for hydroxylation is 1. The van der Waals surface area contributed by atoms with Crippen molar-refractivity contribution in [3.8, 4) is 0 Å².